The van der Waals surface area contributed by atoms with Crippen LogP contribution in [-0.2, 0) is 30.3 Å². The summed E-state index contributed by atoms with van der Waals surface area (Å²) in [5.41, 5.74) is 1.87. The molecule has 170 valence electrons. The maximum atomic E-state index is 12.4. The van der Waals surface area contributed by atoms with Crippen LogP contribution in [0.15, 0.2) is 29.2 Å². The number of rotatable bonds is 8. The number of para-hydroxylation sites is 1. The molecular formula is C22H24N2O6S2. The van der Waals surface area contributed by atoms with E-state index in [-0.39, 0.29) is 18.9 Å². The summed E-state index contributed by atoms with van der Waals surface area (Å²) in [5.74, 6) is -2.01. The summed E-state index contributed by atoms with van der Waals surface area (Å²) in [6.45, 7) is 5.20. The molecule has 2 heterocycles. The summed E-state index contributed by atoms with van der Waals surface area (Å²) in [5, 5.41) is 5.14. The van der Waals surface area contributed by atoms with Gasteiger partial charge in [0.15, 0.2) is 6.61 Å². The van der Waals surface area contributed by atoms with Crippen LogP contribution in [0.1, 0.15) is 41.1 Å². The van der Waals surface area contributed by atoms with Crippen molar-refractivity contribution in [3.63, 3.8) is 0 Å². The van der Waals surface area contributed by atoms with Gasteiger partial charge in [0.05, 0.1) is 29.5 Å². The van der Waals surface area contributed by atoms with Crippen molar-refractivity contribution in [1.29, 1.82) is 0 Å². The molecule has 0 aliphatic carbocycles. The number of thiophene rings is 1. The average Bonchev–Trinajstić information content (AvgIpc) is 3.07. The van der Waals surface area contributed by atoms with Crippen molar-refractivity contribution in [2.45, 2.75) is 43.8 Å². The highest BCUT2D eigenvalue weighted by molar-refractivity contribution is 8.01. The first-order valence-electron chi connectivity index (χ1n) is 10.1. The fourth-order valence-corrected chi connectivity index (χ4v) is 5.50. The van der Waals surface area contributed by atoms with Crippen LogP contribution in [0.3, 0.4) is 0 Å². The number of carbonyl (C=O) groups excluding carboxylic acids is 4. The second kappa shape index (κ2) is 10.6. The fourth-order valence-electron chi connectivity index (χ4n) is 3.26. The van der Waals surface area contributed by atoms with Gasteiger partial charge in [-0.25, -0.2) is 4.79 Å². The first kappa shape index (κ1) is 23.8. The van der Waals surface area contributed by atoms with E-state index in [2.05, 4.69) is 10.6 Å². The molecule has 2 amide bonds. The number of anilines is 2. The van der Waals surface area contributed by atoms with Crippen molar-refractivity contribution in [2.24, 2.45) is 0 Å². The monoisotopic (exact) mass is 476 g/mol. The highest BCUT2D eigenvalue weighted by Crippen LogP contribution is 2.37. The number of benzene rings is 1. The molecule has 0 saturated carbocycles. The van der Waals surface area contributed by atoms with Crippen LogP contribution >= 0.6 is 23.1 Å². The Morgan fingerprint density at radius 3 is 2.62 bits per heavy atom. The third-order valence-corrected chi connectivity index (χ3v) is 7.06. The Bertz CT molecular complexity index is 1050. The van der Waals surface area contributed by atoms with Crippen LogP contribution in [0.25, 0.3) is 0 Å². The standard InChI is InChI=1S/C22H24N2O6S2/c1-4-13-12(3)31-21(19(13)22(28)29-5-2)24-17(25)11-30-18(26)10-16-20(27)23-14-8-6-7-9-15(14)32-16/h6-9,16H,4-5,10-11H2,1-3H3,(H,23,27)(H,24,25). The highest BCUT2D eigenvalue weighted by Gasteiger charge is 2.30. The van der Waals surface area contributed by atoms with Crippen LogP contribution in [0, 0.1) is 6.92 Å². The van der Waals surface area contributed by atoms with Crippen molar-refractivity contribution in [3.8, 4) is 0 Å². The zero-order valence-electron chi connectivity index (χ0n) is 18.0. The molecule has 2 N–H and O–H groups in total. The summed E-state index contributed by atoms with van der Waals surface area (Å²) < 4.78 is 10.2. The molecule has 32 heavy (non-hydrogen) atoms. The van der Waals surface area contributed by atoms with Gasteiger partial charge < -0.3 is 20.1 Å². The van der Waals surface area contributed by atoms with E-state index in [9.17, 15) is 19.2 Å². The van der Waals surface area contributed by atoms with Gasteiger partial charge in [0.25, 0.3) is 5.91 Å². The first-order valence-corrected chi connectivity index (χ1v) is 11.8. The topological polar surface area (TPSA) is 111 Å². The number of fused-ring (bicyclic) bond motifs is 1. The van der Waals surface area contributed by atoms with E-state index in [0.717, 1.165) is 15.3 Å². The van der Waals surface area contributed by atoms with Gasteiger partial charge in [-0.15, -0.1) is 23.1 Å². The number of amides is 2. The minimum Gasteiger partial charge on any atom is -0.462 e. The van der Waals surface area contributed by atoms with Gasteiger partial charge in [0.1, 0.15) is 5.00 Å². The summed E-state index contributed by atoms with van der Waals surface area (Å²) >= 11 is 2.56. The van der Waals surface area contributed by atoms with Gasteiger partial charge in [-0.3, -0.25) is 14.4 Å². The number of nitrogens with one attached hydrogen (secondary N) is 2. The van der Waals surface area contributed by atoms with Crippen molar-refractivity contribution in [2.75, 3.05) is 23.8 Å². The van der Waals surface area contributed by atoms with Crippen molar-refractivity contribution < 1.29 is 28.7 Å². The summed E-state index contributed by atoms with van der Waals surface area (Å²) in [6, 6.07) is 7.32. The maximum absolute atomic E-state index is 12.4. The Kier molecular flexibility index (Phi) is 7.92. The number of thioether (sulfide) groups is 1. The molecule has 0 radical (unpaired) electrons. The Balaban J connectivity index is 1.57. The molecule has 8 nitrogen and oxygen atoms in total. The quantitative estimate of drug-likeness (QED) is 0.558. The number of esters is 2. The van der Waals surface area contributed by atoms with Crippen LogP contribution < -0.4 is 10.6 Å². The Labute approximate surface area is 194 Å². The predicted molar refractivity (Wildman–Crippen MR) is 123 cm³/mol. The third-order valence-electron chi connectivity index (χ3n) is 4.72. The van der Waals surface area contributed by atoms with E-state index in [1.165, 1.54) is 23.1 Å². The Morgan fingerprint density at radius 2 is 1.91 bits per heavy atom. The first-order chi connectivity index (χ1) is 15.3. The zero-order valence-corrected chi connectivity index (χ0v) is 19.6. The molecule has 0 saturated heterocycles. The van der Waals surface area contributed by atoms with E-state index in [1.807, 2.05) is 32.0 Å². The SMILES string of the molecule is CCOC(=O)c1c(NC(=O)COC(=O)CC2Sc3ccccc3NC2=O)sc(C)c1CC. The molecule has 2 aromatic rings. The number of carbonyl (C=O) groups is 4. The number of hydrogen-bond donors (Lipinski definition) is 2. The molecule has 10 heteroatoms. The molecular weight excluding hydrogens is 452 g/mol. The molecule has 1 aliphatic rings. The van der Waals surface area contributed by atoms with E-state index in [4.69, 9.17) is 9.47 Å². The van der Waals surface area contributed by atoms with Gasteiger partial charge in [0.2, 0.25) is 5.91 Å². The van der Waals surface area contributed by atoms with Crippen molar-refractivity contribution in [1.82, 2.24) is 0 Å². The molecule has 0 bridgehead atoms. The van der Waals surface area contributed by atoms with Gasteiger partial charge in [-0.1, -0.05) is 19.1 Å². The molecule has 0 fully saturated rings. The van der Waals surface area contributed by atoms with E-state index in [0.29, 0.717) is 22.7 Å². The number of aryl methyl sites for hydroxylation is 1. The summed E-state index contributed by atoms with van der Waals surface area (Å²) in [4.78, 5) is 50.9. The van der Waals surface area contributed by atoms with Gasteiger partial charge in [-0.2, -0.15) is 0 Å². The second-order valence-corrected chi connectivity index (χ2v) is 9.39. The second-order valence-electron chi connectivity index (χ2n) is 6.92. The molecule has 3 rings (SSSR count). The molecule has 1 aromatic carbocycles. The summed E-state index contributed by atoms with van der Waals surface area (Å²) in [7, 11) is 0. The highest BCUT2D eigenvalue weighted by atomic mass is 32.2. The van der Waals surface area contributed by atoms with Crippen molar-refractivity contribution in [3.05, 3.63) is 40.3 Å². The van der Waals surface area contributed by atoms with Gasteiger partial charge >= 0.3 is 11.9 Å². The van der Waals surface area contributed by atoms with E-state index < -0.39 is 29.7 Å². The maximum Gasteiger partial charge on any atom is 0.341 e. The number of hydrogen-bond acceptors (Lipinski definition) is 8. The van der Waals surface area contributed by atoms with Gasteiger partial charge in [0, 0.05) is 9.77 Å². The third kappa shape index (κ3) is 5.49. The minimum absolute atomic E-state index is 0.162. The van der Waals surface area contributed by atoms with Gasteiger partial charge in [-0.05, 0) is 38.0 Å². The number of ether oxygens (including phenoxy) is 2. The van der Waals surface area contributed by atoms with Crippen LogP contribution in [0.2, 0.25) is 0 Å². The predicted octanol–water partition coefficient (Wildman–Crippen LogP) is 3.78. The molecule has 1 unspecified atom stereocenters. The van der Waals surface area contributed by atoms with Crippen LogP contribution in [-0.4, -0.2) is 42.2 Å². The van der Waals surface area contributed by atoms with Crippen LogP contribution in [0.4, 0.5) is 10.7 Å². The lowest BCUT2D eigenvalue weighted by molar-refractivity contribution is -0.147. The normalized spacial score (nSPS) is 14.8. The van der Waals surface area contributed by atoms with Crippen molar-refractivity contribution >= 4 is 57.5 Å². The fraction of sp³-hybridized carbons (Fsp3) is 0.364. The summed E-state index contributed by atoms with van der Waals surface area (Å²) in [6.07, 6.45) is 0.454. The molecule has 0 spiro atoms. The van der Waals surface area contributed by atoms with E-state index >= 15 is 0 Å². The van der Waals surface area contributed by atoms with Crippen LogP contribution in [0.5, 0.6) is 0 Å². The smallest absolute Gasteiger partial charge is 0.341 e. The largest absolute Gasteiger partial charge is 0.462 e. The van der Waals surface area contributed by atoms with E-state index in [1.54, 1.807) is 13.0 Å². The molecule has 1 atom stereocenters. The molecule has 1 aromatic heterocycles. The molecule has 1 aliphatic heterocycles. The Hall–Kier alpha value is -2.85. The lowest BCUT2D eigenvalue weighted by Crippen LogP contribution is -2.32. The zero-order chi connectivity index (χ0) is 23.3. The minimum atomic E-state index is -0.658. The lowest BCUT2D eigenvalue weighted by Gasteiger charge is -2.23. The lowest BCUT2D eigenvalue weighted by atomic mass is 10.1. The Morgan fingerprint density at radius 1 is 1.16 bits per heavy atom. The average molecular weight is 477 g/mol.